The van der Waals surface area contributed by atoms with Crippen LogP contribution in [-0.2, 0) is 16.3 Å². The van der Waals surface area contributed by atoms with Crippen LogP contribution in [0.2, 0.25) is 0 Å². The molecule has 1 heterocycles. The number of hydrogen-bond donors (Lipinski definition) is 1. The van der Waals surface area contributed by atoms with Gasteiger partial charge in [0.15, 0.2) is 9.84 Å². The van der Waals surface area contributed by atoms with E-state index in [4.69, 9.17) is 0 Å². The molecule has 1 aromatic heterocycles. The van der Waals surface area contributed by atoms with Gasteiger partial charge in [-0.05, 0) is 43.2 Å². The molecule has 0 aliphatic rings. The molecule has 2 aromatic rings. The average molecular weight is 346 g/mol. The smallest absolute Gasteiger partial charge is 0.251 e. The molecule has 24 heavy (non-hydrogen) atoms. The Bertz CT molecular complexity index is 814. The fourth-order valence-electron chi connectivity index (χ4n) is 2.38. The van der Waals surface area contributed by atoms with Gasteiger partial charge in [0.1, 0.15) is 0 Å². The first-order valence-electron chi connectivity index (χ1n) is 7.87. The highest BCUT2D eigenvalue weighted by molar-refractivity contribution is 7.90. The first-order chi connectivity index (χ1) is 11.3. The van der Waals surface area contributed by atoms with Gasteiger partial charge in [-0.3, -0.25) is 9.78 Å². The van der Waals surface area contributed by atoms with Crippen molar-refractivity contribution in [2.24, 2.45) is 0 Å². The third-order valence-electron chi connectivity index (χ3n) is 3.74. The fourth-order valence-corrected chi connectivity index (χ4v) is 3.01. The molecule has 0 aliphatic carbocycles. The van der Waals surface area contributed by atoms with Crippen molar-refractivity contribution in [2.45, 2.75) is 37.6 Å². The summed E-state index contributed by atoms with van der Waals surface area (Å²) in [5.41, 5.74) is 2.32. The van der Waals surface area contributed by atoms with E-state index in [1.807, 2.05) is 6.92 Å². The third-order valence-corrected chi connectivity index (χ3v) is 4.87. The largest absolute Gasteiger partial charge is 0.346 e. The zero-order chi connectivity index (χ0) is 17.7. The molecule has 1 atom stereocenters. The van der Waals surface area contributed by atoms with Gasteiger partial charge in [-0.1, -0.05) is 25.5 Å². The highest BCUT2D eigenvalue weighted by Crippen LogP contribution is 2.17. The van der Waals surface area contributed by atoms with Gasteiger partial charge >= 0.3 is 0 Å². The summed E-state index contributed by atoms with van der Waals surface area (Å²) in [5, 5.41) is 2.92. The summed E-state index contributed by atoms with van der Waals surface area (Å²) in [6.07, 6.45) is 4.63. The van der Waals surface area contributed by atoms with Crippen LogP contribution in [0.3, 0.4) is 0 Å². The number of carbonyl (C=O) groups excluding carboxylic acids is 1. The predicted molar refractivity (Wildman–Crippen MR) is 93.7 cm³/mol. The summed E-state index contributed by atoms with van der Waals surface area (Å²) in [6, 6.07) is 9.81. The number of nitrogens with zero attached hydrogens (tertiary/aromatic N) is 1. The summed E-state index contributed by atoms with van der Waals surface area (Å²) >= 11 is 0. The number of hydrogen-bond acceptors (Lipinski definition) is 4. The monoisotopic (exact) mass is 346 g/mol. The van der Waals surface area contributed by atoms with E-state index in [0.717, 1.165) is 24.1 Å². The number of amides is 1. The number of benzene rings is 1. The first-order valence-corrected chi connectivity index (χ1v) is 9.76. The predicted octanol–water partition coefficient (Wildman–Crippen LogP) is 2.93. The van der Waals surface area contributed by atoms with Crippen molar-refractivity contribution < 1.29 is 13.2 Å². The standard InChI is InChI=1S/C18H22N2O3S/c1-4-5-16-12-15(10-11-19-16)18(21)20-13(2)14-6-8-17(9-7-14)24(3,22)23/h6-13H,4-5H2,1-3H3,(H,20,21). The minimum Gasteiger partial charge on any atom is -0.346 e. The normalized spacial score (nSPS) is 12.6. The van der Waals surface area contributed by atoms with Crippen molar-refractivity contribution >= 4 is 15.7 Å². The molecule has 0 spiro atoms. The van der Waals surface area contributed by atoms with Crippen LogP contribution >= 0.6 is 0 Å². The van der Waals surface area contributed by atoms with E-state index in [1.165, 1.54) is 6.26 Å². The lowest BCUT2D eigenvalue weighted by Crippen LogP contribution is -2.26. The summed E-state index contributed by atoms with van der Waals surface area (Å²) in [5.74, 6) is -0.172. The van der Waals surface area contributed by atoms with Gasteiger partial charge < -0.3 is 5.32 Å². The molecule has 0 radical (unpaired) electrons. The molecule has 5 nitrogen and oxygen atoms in total. The van der Waals surface area contributed by atoms with E-state index in [1.54, 1.807) is 42.6 Å². The van der Waals surface area contributed by atoms with Crippen molar-refractivity contribution in [3.63, 3.8) is 0 Å². The van der Waals surface area contributed by atoms with Gasteiger partial charge in [0.25, 0.3) is 5.91 Å². The minimum atomic E-state index is -3.22. The zero-order valence-electron chi connectivity index (χ0n) is 14.1. The molecular weight excluding hydrogens is 324 g/mol. The Morgan fingerprint density at radius 1 is 1.21 bits per heavy atom. The molecule has 6 heteroatoms. The van der Waals surface area contributed by atoms with Crippen LogP contribution < -0.4 is 5.32 Å². The van der Waals surface area contributed by atoms with Gasteiger partial charge in [-0.15, -0.1) is 0 Å². The first kappa shape index (κ1) is 18.1. The quantitative estimate of drug-likeness (QED) is 0.872. The molecule has 0 aliphatic heterocycles. The van der Waals surface area contributed by atoms with E-state index in [2.05, 4.69) is 17.2 Å². The maximum Gasteiger partial charge on any atom is 0.251 e. The molecule has 0 bridgehead atoms. The number of rotatable bonds is 6. The Hall–Kier alpha value is -2.21. The Balaban J connectivity index is 2.10. The molecule has 0 fully saturated rings. The lowest BCUT2D eigenvalue weighted by atomic mass is 10.1. The van der Waals surface area contributed by atoms with Crippen molar-refractivity contribution in [1.82, 2.24) is 10.3 Å². The van der Waals surface area contributed by atoms with E-state index in [-0.39, 0.29) is 16.8 Å². The van der Waals surface area contributed by atoms with Gasteiger partial charge in [-0.2, -0.15) is 0 Å². The van der Waals surface area contributed by atoms with Crippen LogP contribution in [-0.4, -0.2) is 25.6 Å². The highest BCUT2D eigenvalue weighted by atomic mass is 32.2. The average Bonchev–Trinajstić information content (AvgIpc) is 2.54. The SMILES string of the molecule is CCCc1cc(C(=O)NC(C)c2ccc(S(C)(=O)=O)cc2)ccn1. The second kappa shape index (κ2) is 7.57. The number of nitrogens with one attached hydrogen (secondary N) is 1. The van der Waals surface area contributed by atoms with Crippen LogP contribution in [0.4, 0.5) is 0 Å². The molecule has 1 unspecified atom stereocenters. The van der Waals surface area contributed by atoms with Crippen molar-refractivity contribution in [1.29, 1.82) is 0 Å². The van der Waals surface area contributed by atoms with Crippen LogP contribution in [0.25, 0.3) is 0 Å². The Kier molecular flexibility index (Phi) is 5.72. The molecular formula is C18H22N2O3S. The van der Waals surface area contributed by atoms with Gasteiger partial charge in [0.2, 0.25) is 0 Å². The molecule has 1 amide bonds. The van der Waals surface area contributed by atoms with Crippen molar-refractivity contribution in [3.05, 3.63) is 59.4 Å². The number of aryl methyl sites for hydroxylation is 1. The Labute approximate surface area is 143 Å². The molecule has 1 N–H and O–H groups in total. The number of pyridine rings is 1. The zero-order valence-corrected chi connectivity index (χ0v) is 14.9. The fraction of sp³-hybridized carbons (Fsp3) is 0.333. The topological polar surface area (TPSA) is 76.1 Å². The van der Waals surface area contributed by atoms with E-state index < -0.39 is 9.84 Å². The second-order valence-electron chi connectivity index (χ2n) is 5.82. The minimum absolute atomic E-state index is 0.172. The van der Waals surface area contributed by atoms with E-state index in [0.29, 0.717) is 5.56 Å². The van der Waals surface area contributed by atoms with Crippen LogP contribution in [0.1, 0.15) is 47.9 Å². The summed E-state index contributed by atoms with van der Waals surface area (Å²) in [4.78, 5) is 16.9. The molecule has 0 saturated heterocycles. The third kappa shape index (κ3) is 4.64. The highest BCUT2D eigenvalue weighted by Gasteiger charge is 2.13. The maximum atomic E-state index is 12.4. The second-order valence-corrected chi connectivity index (χ2v) is 7.84. The van der Waals surface area contributed by atoms with E-state index >= 15 is 0 Å². The van der Waals surface area contributed by atoms with Gasteiger partial charge in [0.05, 0.1) is 10.9 Å². The molecule has 0 saturated carbocycles. The summed E-state index contributed by atoms with van der Waals surface area (Å²) in [6.45, 7) is 3.93. The Morgan fingerprint density at radius 3 is 2.46 bits per heavy atom. The van der Waals surface area contributed by atoms with Crippen molar-refractivity contribution in [3.8, 4) is 0 Å². The molecule has 1 aromatic carbocycles. The maximum absolute atomic E-state index is 12.4. The number of carbonyl (C=O) groups is 1. The number of sulfone groups is 1. The Morgan fingerprint density at radius 2 is 1.88 bits per heavy atom. The van der Waals surface area contributed by atoms with Gasteiger partial charge in [-0.25, -0.2) is 8.42 Å². The van der Waals surface area contributed by atoms with E-state index in [9.17, 15) is 13.2 Å². The summed E-state index contributed by atoms with van der Waals surface area (Å²) in [7, 11) is -3.22. The van der Waals surface area contributed by atoms with Crippen LogP contribution in [0.15, 0.2) is 47.5 Å². The van der Waals surface area contributed by atoms with Crippen LogP contribution in [0, 0.1) is 0 Å². The lowest BCUT2D eigenvalue weighted by Gasteiger charge is -2.15. The van der Waals surface area contributed by atoms with Gasteiger partial charge in [0, 0.05) is 23.7 Å². The van der Waals surface area contributed by atoms with Crippen LogP contribution in [0.5, 0.6) is 0 Å². The number of aromatic nitrogens is 1. The lowest BCUT2D eigenvalue weighted by molar-refractivity contribution is 0.0939. The molecule has 128 valence electrons. The van der Waals surface area contributed by atoms with Crippen molar-refractivity contribution in [2.75, 3.05) is 6.26 Å². The summed E-state index contributed by atoms with van der Waals surface area (Å²) < 4.78 is 23.0. The molecule has 2 rings (SSSR count).